The molecule has 36 heavy (non-hydrogen) atoms. The van der Waals surface area contributed by atoms with E-state index >= 15 is 0 Å². The van der Waals surface area contributed by atoms with Gasteiger partial charge in [-0.3, -0.25) is 19.2 Å². The number of para-hydroxylation sites is 1. The number of aromatic amines is 1. The summed E-state index contributed by atoms with van der Waals surface area (Å²) in [5.74, 6) is -2.93. The van der Waals surface area contributed by atoms with Crippen molar-refractivity contribution in [2.75, 3.05) is 0 Å². The van der Waals surface area contributed by atoms with Crippen molar-refractivity contribution in [1.29, 1.82) is 0 Å². The molecule has 0 radical (unpaired) electrons. The van der Waals surface area contributed by atoms with Crippen LogP contribution in [0, 0.1) is 5.92 Å². The molecule has 3 rings (SSSR count). The first-order chi connectivity index (χ1) is 17.1. The zero-order valence-corrected chi connectivity index (χ0v) is 20.4. The second-order valence-electron chi connectivity index (χ2n) is 8.80. The highest BCUT2D eigenvalue weighted by Gasteiger charge is 2.32. The molecule has 0 fully saturated rings. The van der Waals surface area contributed by atoms with E-state index in [1.807, 2.05) is 6.92 Å². The van der Waals surface area contributed by atoms with Crippen LogP contribution in [0.5, 0.6) is 0 Å². The molecule has 0 unspecified atom stereocenters. The van der Waals surface area contributed by atoms with Crippen LogP contribution in [-0.2, 0) is 20.8 Å². The summed E-state index contributed by atoms with van der Waals surface area (Å²) in [5.41, 5.74) is -0.323. The molecular formula is C26H30N4O6. The van der Waals surface area contributed by atoms with Crippen molar-refractivity contribution < 1.29 is 19.5 Å². The highest BCUT2D eigenvalue weighted by atomic mass is 16.4. The average Bonchev–Trinajstić information content (AvgIpc) is 2.86. The number of fused-ring (bicyclic) bond motifs is 1. The van der Waals surface area contributed by atoms with Gasteiger partial charge in [-0.1, -0.05) is 62.7 Å². The lowest BCUT2D eigenvalue weighted by atomic mass is 9.96. The normalized spacial score (nSPS) is 14.4. The SMILES string of the molecule is CC[C@@H](C)[C@H](NC(=O)[C@H](Cc1ccccc1)n1c(=O)[nH]c2ccccc2c1=O)C(=O)N[C@@H](C)C(=O)O. The van der Waals surface area contributed by atoms with Gasteiger partial charge in [-0.2, -0.15) is 0 Å². The number of H-pyrrole nitrogens is 1. The van der Waals surface area contributed by atoms with E-state index in [1.165, 1.54) is 6.92 Å². The largest absolute Gasteiger partial charge is 0.480 e. The quantitative estimate of drug-likeness (QED) is 0.336. The summed E-state index contributed by atoms with van der Waals surface area (Å²) in [4.78, 5) is 66.7. The van der Waals surface area contributed by atoms with Crippen LogP contribution in [0.1, 0.15) is 38.8 Å². The highest BCUT2D eigenvalue weighted by Crippen LogP contribution is 2.16. The molecule has 10 heteroatoms. The van der Waals surface area contributed by atoms with Crippen molar-refractivity contribution >= 4 is 28.7 Å². The Morgan fingerprint density at radius 3 is 2.22 bits per heavy atom. The number of amides is 2. The van der Waals surface area contributed by atoms with Crippen LogP contribution in [0.2, 0.25) is 0 Å². The van der Waals surface area contributed by atoms with Gasteiger partial charge in [0.1, 0.15) is 18.1 Å². The van der Waals surface area contributed by atoms with Gasteiger partial charge in [0, 0.05) is 6.42 Å². The van der Waals surface area contributed by atoms with Gasteiger partial charge in [0.25, 0.3) is 5.56 Å². The Bertz CT molecular complexity index is 1360. The monoisotopic (exact) mass is 494 g/mol. The lowest BCUT2D eigenvalue weighted by molar-refractivity contribution is -0.142. The van der Waals surface area contributed by atoms with E-state index in [4.69, 9.17) is 5.11 Å². The molecule has 0 aliphatic carbocycles. The molecule has 2 aromatic carbocycles. The Hall–Kier alpha value is -4.21. The number of carbonyl (C=O) groups is 3. The molecule has 10 nitrogen and oxygen atoms in total. The lowest BCUT2D eigenvalue weighted by Crippen LogP contribution is -2.56. The molecule has 3 aromatic rings. The van der Waals surface area contributed by atoms with Gasteiger partial charge in [0.15, 0.2) is 0 Å². The Balaban J connectivity index is 2.05. The number of carboxylic acid groups (broad SMARTS) is 1. The van der Waals surface area contributed by atoms with Gasteiger partial charge in [0.2, 0.25) is 11.8 Å². The van der Waals surface area contributed by atoms with E-state index in [0.29, 0.717) is 17.5 Å². The number of hydrogen-bond donors (Lipinski definition) is 4. The van der Waals surface area contributed by atoms with Crippen LogP contribution >= 0.6 is 0 Å². The minimum Gasteiger partial charge on any atom is -0.480 e. The standard InChI is InChI=1S/C26H30N4O6/c1-4-15(2)21(23(32)27-16(3)25(34)35)29-22(31)20(14-17-10-6-5-7-11-17)30-24(33)18-12-8-9-13-19(18)28-26(30)36/h5-13,15-16,20-21H,4,14H2,1-3H3,(H,27,32)(H,28,36)(H,29,31)(H,34,35)/t15-,16+,20+,21+/m1/s1. The number of rotatable bonds is 10. The summed E-state index contributed by atoms with van der Waals surface area (Å²) in [6.45, 7) is 4.90. The fraction of sp³-hybridized carbons (Fsp3) is 0.346. The molecule has 1 heterocycles. The number of aliphatic carboxylic acids is 1. The number of nitrogens with one attached hydrogen (secondary N) is 3. The summed E-state index contributed by atoms with van der Waals surface area (Å²) in [7, 11) is 0. The first-order valence-electron chi connectivity index (χ1n) is 11.7. The molecule has 1 aromatic heterocycles. The van der Waals surface area contributed by atoms with E-state index < -0.39 is 47.2 Å². The number of carbonyl (C=O) groups excluding carboxylic acids is 2. The van der Waals surface area contributed by atoms with Crippen molar-refractivity contribution in [2.45, 2.75) is 51.7 Å². The Morgan fingerprint density at radius 1 is 0.944 bits per heavy atom. The molecular weight excluding hydrogens is 464 g/mol. The number of nitrogens with zero attached hydrogens (tertiary/aromatic N) is 1. The second kappa shape index (κ2) is 11.5. The molecule has 190 valence electrons. The number of benzene rings is 2. The minimum absolute atomic E-state index is 0.0222. The maximum Gasteiger partial charge on any atom is 0.329 e. The Labute approximate surface area is 207 Å². The summed E-state index contributed by atoms with van der Waals surface area (Å²) in [6, 6.07) is 11.9. The van der Waals surface area contributed by atoms with Crippen LogP contribution in [-0.4, -0.2) is 44.5 Å². The van der Waals surface area contributed by atoms with Gasteiger partial charge in [0.05, 0.1) is 10.9 Å². The fourth-order valence-corrected chi connectivity index (χ4v) is 3.91. The summed E-state index contributed by atoms with van der Waals surface area (Å²) < 4.78 is 0.871. The second-order valence-corrected chi connectivity index (χ2v) is 8.80. The zero-order chi connectivity index (χ0) is 26.4. The van der Waals surface area contributed by atoms with Gasteiger partial charge >= 0.3 is 11.7 Å². The lowest BCUT2D eigenvalue weighted by Gasteiger charge is -2.27. The first-order valence-corrected chi connectivity index (χ1v) is 11.7. The highest BCUT2D eigenvalue weighted by molar-refractivity contribution is 5.91. The molecule has 2 amide bonds. The molecule has 0 saturated heterocycles. The van der Waals surface area contributed by atoms with E-state index in [0.717, 1.165) is 4.57 Å². The van der Waals surface area contributed by atoms with E-state index in [9.17, 15) is 24.0 Å². The van der Waals surface area contributed by atoms with Gasteiger partial charge in [-0.25, -0.2) is 9.36 Å². The third-order valence-corrected chi connectivity index (χ3v) is 6.25. The van der Waals surface area contributed by atoms with E-state index in [-0.39, 0.29) is 17.7 Å². The smallest absolute Gasteiger partial charge is 0.329 e. The Morgan fingerprint density at radius 2 is 1.58 bits per heavy atom. The predicted molar refractivity (Wildman–Crippen MR) is 135 cm³/mol. The fourth-order valence-electron chi connectivity index (χ4n) is 3.91. The average molecular weight is 495 g/mol. The first kappa shape index (κ1) is 26.4. The number of carboxylic acids is 1. The van der Waals surface area contributed by atoms with E-state index in [2.05, 4.69) is 15.6 Å². The van der Waals surface area contributed by atoms with Gasteiger partial charge in [-0.05, 0) is 30.5 Å². The molecule has 0 spiro atoms. The molecule has 4 N–H and O–H groups in total. The van der Waals surface area contributed by atoms with Crippen molar-refractivity contribution in [3.63, 3.8) is 0 Å². The van der Waals surface area contributed by atoms with Crippen LogP contribution in [0.4, 0.5) is 0 Å². The summed E-state index contributed by atoms with van der Waals surface area (Å²) >= 11 is 0. The molecule has 0 bridgehead atoms. The topological polar surface area (TPSA) is 150 Å². The maximum atomic E-state index is 13.6. The van der Waals surface area contributed by atoms with E-state index in [1.54, 1.807) is 61.5 Å². The van der Waals surface area contributed by atoms with Crippen molar-refractivity contribution in [3.8, 4) is 0 Å². The van der Waals surface area contributed by atoms with Crippen molar-refractivity contribution in [3.05, 3.63) is 81.0 Å². The molecule has 4 atom stereocenters. The van der Waals surface area contributed by atoms with Crippen LogP contribution in [0.25, 0.3) is 10.9 Å². The van der Waals surface area contributed by atoms with Gasteiger partial charge < -0.3 is 20.7 Å². The van der Waals surface area contributed by atoms with Crippen molar-refractivity contribution in [2.24, 2.45) is 5.92 Å². The minimum atomic E-state index is -1.26. The zero-order valence-electron chi connectivity index (χ0n) is 20.4. The van der Waals surface area contributed by atoms with Crippen molar-refractivity contribution in [1.82, 2.24) is 20.2 Å². The third-order valence-electron chi connectivity index (χ3n) is 6.25. The molecule has 0 aliphatic rings. The predicted octanol–water partition coefficient (Wildman–Crippen LogP) is 1.59. The maximum absolute atomic E-state index is 13.6. The molecule has 0 saturated carbocycles. The number of aromatic nitrogens is 2. The van der Waals surface area contributed by atoms with Gasteiger partial charge in [-0.15, -0.1) is 0 Å². The summed E-state index contributed by atoms with van der Waals surface area (Å²) in [5, 5.41) is 14.5. The Kier molecular flexibility index (Phi) is 8.42. The summed E-state index contributed by atoms with van der Waals surface area (Å²) in [6.07, 6.45) is 0.536. The van der Waals surface area contributed by atoms with Crippen LogP contribution < -0.4 is 21.9 Å². The molecule has 0 aliphatic heterocycles. The number of hydrogen-bond acceptors (Lipinski definition) is 5. The van der Waals surface area contributed by atoms with Crippen LogP contribution in [0.3, 0.4) is 0 Å². The van der Waals surface area contributed by atoms with Crippen LogP contribution in [0.15, 0.2) is 64.2 Å². The third kappa shape index (κ3) is 5.88.